The van der Waals surface area contributed by atoms with Crippen LogP contribution in [-0.2, 0) is 16.6 Å². The van der Waals surface area contributed by atoms with Crippen molar-refractivity contribution in [3.8, 4) is 11.5 Å². The third-order valence-electron chi connectivity index (χ3n) is 3.59. The average Bonchev–Trinajstić information content (AvgIpc) is 2.61. The number of methoxy groups -OCH3 is 2. The number of rotatable bonds is 7. The molecule has 134 valence electrons. The molecule has 8 nitrogen and oxygen atoms in total. The van der Waals surface area contributed by atoms with Crippen LogP contribution in [-0.4, -0.2) is 38.9 Å². The van der Waals surface area contributed by atoms with E-state index >= 15 is 0 Å². The molecule has 0 bridgehead atoms. The Labute approximate surface area is 145 Å². The highest BCUT2D eigenvalue weighted by Gasteiger charge is 2.23. The first-order chi connectivity index (χ1) is 11.8. The molecule has 0 aliphatic rings. The van der Waals surface area contributed by atoms with Crippen LogP contribution in [0.3, 0.4) is 0 Å². The molecular weight excluding hydrogens is 348 g/mol. The van der Waals surface area contributed by atoms with Gasteiger partial charge >= 0.3 is 0 Å². The summed E-state index contributed by atoms with van der Waals surface area (Å²) in [5.41, 5.74) is 0.412. The minimum absolute atomic E-state index is 0.0748. The number of nitro groups is 1. The predicted octanol–water partition coefficient (Wildman–Crippen LogP) is 2.43. The van der Waals surface area contributed by atoms with E-state index in [9.17, 15) is 18.5 Å². The van der Waals surface area contributed by atoms with Gasteiger partial charge in [0, 0.05) is 25.7 Å². The number of nitrogens with zero attached hydrogens (tertiary/aromatic N) is 2. The summed E-state index contributed by atoms with van der Waals surface area (Å²) in [6.45, 7) is 0.0748. The summed E-state index contributed by atoms with van der Waals surface area (Å²) in [5, 5.41) is 10.8. The summed E-state index contributed by atoms with van der Waals surface area (Å²) in [4.78, 5) is 10.1. The lowest BCUT2D eigenvalue weighted by Gasteiger charge is -2.18. The van der Waals surface area contributed by atoms with Crippen molar-refractivity contribution < 1.29 is 22.8 Å². The molecule has 0 atom stereocenters. The van der Waals surface area contributed by atoms with Gasteiger partial charge in [0.1, 0.15) is 0 Å². The van der Waals surface area contributed by atoms with Gasteiger partial charge in [0.25, 0.3) is 5.69 Å². The van der Waals surface area contributed by atoms with Crippen LogP contribution in [0.1, 0.15) is 5.56 Å². The molecule has 0 spiro atoms. The van der Waals surface area contributed by atoms with Gasteiger partial charge in [0.15, 0.2) is 11.5 Å². The van der Waals surface area contributed by atoms with Gasteiger partial charge in [0.2, 0.25) is 10.0 Å². The molecule has 0 fully saturated rings. The van der Waals surface area contributed by atoms with Crippen molar-refractivity contribution in [1.82, 2.24) is 4.31 Å². The van der Waals surface area contributed by atoms with Crippen LogP contribution in [0.2, 0.25) is 0 Å². The fourth-order valence-electron chi connectivity index (χ4n) is 2.26. The summed E-state index contributed by atoms with van der Waals surface area (Å²) in [6.07, 6.45) is 0. The Morgan fingerprint density at radius 1 is 1.08 bits per heavy atom. The maximum atomic E-state index is 12.6. The fourth-order valence-corrected chi connectivity index (χ4v) is 3.46. The average molecular weight is 366 g/mol. The zero-order chi connectivity index (χ0) is 18.6. The lowest BCUT2D eigenvalue weighted by Crippen LogP contribution is -2.26. The molecule has 0 aliphatic carbocycles. The van der Waals surface area contributed by atoms with Gasteiger partial charge < -0.3 is 9.47 Å². The number of hydrogen-bond acceptors (Lipinski definition) is 6. The molecule has 2 aromatic carbocycles. The van der Waals surface area contributed by atoms with Crippen LogP contribution in [0, 0.1) is 10.1 Å². The summed E-state index contributed by atoms with van der Waals surface area (Å²) in [6, 6.07) is 10.0. The Morgan fingerprint density at radius 3 is 2.36 bits per heavy atom. The topological polar surface area (TPSA) is 99.0 Å². The molecule has 0 N–H and O–H groups in total. The fraction of sp³-hybridized carbons (Fsp3) is 0.250. The quantitative estimate of drug-likeness (QED) is 0.551. The van der Waals surface area contributed by atoms with E-state index in [4.69, 9.17) is 9.47 Å². The molecule has 0 unspecified atom stereocenters. The van der Waals surface area contributed by atoms with Gasteiger partial charge in [-0.05, 0) is 23.8 Å². The maximum Gasteiger partial charge on any atom is 0.270 e. The van der Waals surface area contributed by atoms with Crippen molar-refractivity contribution in [3.63, 3.8) is 0 Å². The first-order valence-electron chi connectivity index (χ1n) is 7.21. The van der Waals surface area contributed by atoms with Crippen molar-refractivity contribution in [2.24, 2.45) is 0 Å². The number of ether oxygens (including phenoxy) is 2. The summed E-state index contributed by atoms with van der Waals surface area (Å²) in [7, 11) is 0.538. The van der Waals surface area contributed by atoms with E-state index < -0.39 is 14.9 Å². The lowest BCUT2D eigenvalue weighted by molar-refractivity contribution is -0.385. The van der Waals surface area contributed by atoms with Gasteiger partial charge in [-0.1, -0.05) is 12.1 Å². The highest BCUT2D eigenvalue weighted by Crippen LogP contribution is 2.29. The highest BCUT2D eigenvalue weighted by molar-refractivity contribution is 7.89. The number of hydrogen-bond donors (Lipinski definition) is 0. The summed E-state index contributed by atoms with van der Waals surface area (Å²) < 4.78 is 36.7. The van der Waals surface area contributed by atoms with E-state index in [-0.39, 0.29) is 17.1 Å². The van der Waals surface area contributed by atoms with Crippen molar-refractivity contribution in [2.75, 3.05) is 21.3 Å². The van der Waals surface area contributed by atoms with Crippen LogP contribution in [0.5, 0.6) is 11.5 Å². The third kappa shape index (κ3) is 4.06. The van der Waals surface area contributed by atoms with Crippen molar-refractivity contribution in [3.05, 3.63) is 58.1 Å². The minimum atomic E-state index is -3.87. The van der Waals surface area contributed by atoms with Crippen LogP contribution >= 0.6 is 0 Å². The molecule has 2 rings (SSSR count). The number of nitro benzene ring substituents is 1. The normalized spacial score (nSPS) is 11.4. The van der Waals surface area contributed by atoms with Gasteiger partial charge in [-0.3, -0.25) is 10.1 Å². The zero-order valence-electron chi connectivity index (χ0n) is 14.0. The first-order valence-corrected chi connectivity index (χ1v) is 8.65. The van der Waals surface area contributed by atoms with Crippen molar-refractivity contribution in [2.45, 2.75) is 11.4 Å². The minimum Gasteiger partial charge on any atom is -0.493 e. The molecule has 25 heavy (non-hydrogen) atoms. The Balaban J connectivity index is 2.29. The number of benzene rings is 2. The van der Waals surface area contributed by atoms with E-state index in [0.717, 1.165) is 10.4 Å². The Bertz CT molecular complexity index is 882. The third-order valence-corrected chi connectivity index (χ3v) is 5.39. The molecule has 0 heterocycles. The van der Waals surface area contributed by atoms with Crippen LogP contribution in [0.25, 0.3) is 0 Å². The van der Waals surface area contributed by atoms with Crippen molar-refractivity contribution in [1.29, 1.82) is 0 Å². The van der Waals surface area contributed by atoms with E-state index in [2.05, 4.69) is 0 Å². The lowest BCUT2D eigenvalue weighted by atomic mass is 10.2. The summed E-state index contributed by atoms with van der Waals surface area (Å²) in [5.74, 6) is 1.02. The Morgan fingerprint density at radius 2 is 1.76 bits per heavy atom. The molecular formula is C16H18N2O6S. The van der Waals surface area contributed by atoms with Gasteiger partial charge in [0.05, 0.1) is 24.0 Å². The predicted molar refractivity (Wildman–Crippen MR) is 91.3 cm³/mol. The molecule has 0 saturated heterocycles. The molecule has 0 radical (unpaired) electrons. The molecule has 0 amide bonds. The molecule has 2 aromatic rings. The number of sulfonamides is 1. The largest absolute Gasteiger partial charge is 0.493 e. The Hall–Kier alpha value is -2.65. The zero-order valence-corrected chi connectivity index (χ0v) is 14.8. The van der Waals surface area contributed by atoms with Crippen LogP contribution < -0.4 is 9.47 Å². The second kappa shape index (κ2) is 7.49. The Kier molecular flexibility index (Phi) is 5.60. The van der Waals surface area contributed by atoms with E-state index in [1.807, 2.05) is 0 Å². The summed E-state index contributed by atoms with van der Waals surface area (Å²) >= 11 is 0. The monoisotopic (exact) mass is 366 g/mol. The van der Waals surface area contributed by atoms with Gasteiger partial charge in [-0.2, -0.15) is 4.31 Å². The second-order valence-electron chi connectivity index (χ2n) is 5.20. The maximum absolute atomic E-state index is 12.6. The molecule has 9 heteroatoms. The second-order valence-corrected chi connectivity index (χ2v) is 7.25. The highest BCUT2D eigenvalue weighted by atomic mass is 32.2. The van der Waals surface area contributed by atoms with Gasteiger partial charge in [-0.15, -0.1) is 0 Å². The molecule has 0 aliphatic heterocycles. The smallest absolute Gasteiger partial charge is 0.270 e. The van der Waals surface area contributed by atoms with Crippen LogP contribution in [0.4, 0.5) is 5.69 Å². The van der Waals surface area contributed by atoms with E-state index in [1.54, 1.807) is 18.2 Å². The standard InChI is InChI=1S/C16H18N2O6S/c1-17(11-12-7-8-15(23-2)16(9-12)24-3)25(21,22)14-6-4-5-13(10-14)18(19)20/h4-10H,11H2,1-3H3. The first kappa shape index (κ1) is 18.7. The van der Waals surface area contributed by atoms with Gasteiger partial charge in [-0.25, -0.2) is 8.42 Å². The number of non-ortho nitro benzene ring substituents is 1. The molecule has 0 aromatic heterocycles. The van der Waals surface area contributed by atoms with Crippen molar-refractivity contribution >= 4 is 15.7 Å². The van der Waals surface area contributed by atoms with E-state index in [1.165, 1.54) is 39.5 Å². The van der Waals surface area contributed by atoms with E-state index in [0.29, 0.717) is 17.1 Å². The van der Waals surface area contributed by atoms with Crippen LogP contribution in [0.15, 0.2) is 47.4 Å². The SMILES string of the molecule is COc1ccc(CN(C)S(=O)(=O)c2cccc([N+](=O)[O-])c2)cc1OC. The molecule has 0 saturated carbocycles.